The van der Waals surface area contributed by atoms with E-state index in [0.29, 0.717) is 5.69 Å². The summed E-state index contributed by atoms with van der Waals surface area (Å²) >= 11 is 4.91. The van der Waals surface area contributed by atoms with Crippen LogP contribution in [0.5, 0.6) is 0 Å². The van der Waals surface area contributed by atoms with Crippen molar-refractivity contribution in [2.24, 2.45) is 0 Å². The lowest BCUT2D eigenvalue weighted by Gasteiger charge is -2.01. The Balaban J connectivity index is 2.09. The Bertz CT molecular complexity index is 801. The molecule has 0 radical (unpaired) electrons. The number of nitrogens with two attached hydrogens (primary N) is 1. The summed E-state index contributed by atoms with van der Waals surface area (Å²) < 4.78 is 13.8. The summed E-state index contributed by atoms with van der Waals surface area (Å²) in [5.41, 5.74) is 8.08. The number of rotatable bonds is 2. The summed E-state index contributed by atoms with van der Waals surface area (Å²) in [6.45, 7) is 1.91. The van der Waals surface area contributed by atoms with Crippen molar-refractivity contribution >= 4 is 33.2 Å². The second kappa shape index (κ2) is 5.50. The average molecular weight is 365 g/mol. The zero-order valence-corrected chi connectivity index (χ0v) is 13.4. The van der Waals surface area contributed by atoms with Crippen molar-refractivity contribution in [2.75, 3.05) is 5.73 Å². The molecule has 0 amide bonds. The molecule has 0 aliphatic heterocycles. The Labute approximate surface area is 133 Å². The molecule has 3 aromatic rings. The zero-order chi connectivity index (χ0) is 15.0. The topological polar surface area (TPSA) is 64.7 Å². The summed E-state index contributed by atoms with van der Waals surface area (Å²) in [5.74, 6) is -0.0529. The van der Waals surface area contributed by atoms with Crippen LogP contribution in [0, 0.1) is 12.7 Å². The Morgan fingerprint density at radius 2 is 1.90 bits per heavy atom. The molecule has 0 aliphatic carbocycles. The molecular weight excluding hydrogens is 355 g/mol. The van der Waals surface area contributed by atoms with Gasteiger partial charge in [0.1, 0.15) is 16.5 Å². The van der Waals surface area contributed by atoms with Crippen LogP contribution in [-0.2, 0) is 0 Å². The predicted molar refractivity (Wildman–Crippen MR) is 85.4 cm³/mol. The second-order valence-electron chi connectivity index (χ2n) is 4.37. The first kappa shape index (κ1) is 14.1. The van der Waals surface area contributed by atoms with E-state index in [0.717, 1.165) is 25.6 Å². The van der Waals surface area contributed by atoms with Crippen LogP contribution >= 0.6 is 27.3 Å². The number of nitrogens with zero attached hydrogens (tertiary/aromatic N) is 3. The molecule has 0 atom stereocenters. The summed E-state index contributed by atoms with van der Waals surface area (Å²) in [4.78, 5) is 13.6. The van der Waals surface area contributed by atoms with Crippen LogP contribution in [0.4, 0.5) is 10.3 Å². The number of hydrogen-bond acceptors (Lipinski definition) is 5. The smallest absolute Gasteiger partial charge is 0.220 e. The van der Waals surface area contributed by atoms with E-state index >= 15 is 0 Å². The number of halogens is 2. The second-order valence-corrected chi connectivity index (χ2v) is 6.22. The first-order valence-corrected chi connectivity index (χ1v) is 7.67. The average Bonchev–Trinajstić information content (AvgIpc) is 2.84. The first-order chi connectivity index (χ1) is 10.0. The van der Waals surface area contributed by atoms with Gasteiger partial charge in [0, 0.05) is 11.8 Å². The molecule has 0 bridgehead atoms. The number of thiazole rings is 1. The van der Waals surface area contributed by atoms with E-state index in [2.05, 4.69) is 30.9 Å². The molecule has 0 fully saturated rings. The number of hydrogen-bond donors (Lipinski definition) is 1. The van der Waals surface area contributed by atoms with Crippen LogP contribution in [-0.4, -0.2) is 15.0 Å². The van der Waals surface area contributed by atoms with Crippen LogP contribution in [0.2, 0.25) is 0 Å². The Hall–Kier alpha value is -1.86. The minimum Gasteiger partial charge on any atom is -0.368 e. The van der Waals surface area contributed by atoms with Crippen LogP contribution in [0.3, 0.4) is 0 Å². The highest BCUT2D eigenvalue weighted by Gasteiger charge is 2.15. The summed E-state index contributed by atoms with van der Waals surface area (Å²) in [7, 11) is 0. The van der Waals surface area contributed by atoms with Gasteiger partial charge in [-0.2, -0.15) is 0 Å². The van der Waals surface area contributed by atoms with E-state index in [-0.39, 0.29) is 11.8 Å². The number of aryl methyl sites for hydroxylation is 1. The minimum absolute atomic E-state index is 0.212. The van der Waals surface area contributed by atoms with Gasteiger partial charge in [-0.15, -0.1) is 11.3 Å². The fraction of sp³-hybridized carbons (Fsp3) is 0.0714. The molecule has 2 heterocycles. The number of anilines is 1. The van der Waals surface area contributed by atoms with E-state index in [1.165, 1.54) is 23.5 Å². The van der Waals surface area contributed by atoms with Crippen LogP contribution in [0.25, 0.3) is 21.1 Å². The fourth-order valence-electron chi connectivity index (χ4n) is 1.87. The molecule has 2 N–H and O–H groups in total. The minimum atomic E-state index is -0.265. The molecule has 0 saturated carbocycles. The standard InChI is InChI=1S/C14H10BrFN4S/c1-7-12(11-10(15)6-18-14(17)20-11)21-13(19-7)8-2-4-9(16)5-3-8/h2-6H,1H3,(H2,17,18,20). The van der Waals surface area contributed by atoms with Crippen molar-refractivity contribution < 1.29 is 4.39 Å². The Morgan fingerprint density at radius 3 is 2.62 bits per heavy atom. The van der Waals surface area contributed by atoms with Gasteiger partial charge in [-0.1, -0.05) is 0 Å². The monoisotopic (exact) mass is 364 g/mol. The number of nitrogen functional groups attached to an aromatic ring is 1. The molecular formula is C14H10BrFN4S. The van der Waals surface area contributed by atoms with E-state index < -0.39 is 0 Å². The molecule has 21 heavy (non-hydrogen) atoms. The summed E-state index contributed by atoms with van der Waals surface area (Å²) in [6.07, 6.45) is 1.62. The van der Waals surface area contributed by atoms with E-state index in [1.54, 1.807) is 18.3 Å². The van der Waals surface area contributed by atoms with Gasteiger partial charge in [-0.25, -0.2) is 19.3 Å². The maximum Gasteiger partial charge on any atom is 0.220 e. The van der Waals surface area contributed by atoms with E-state index in [1.807, 2.05) is 6.92 Å². The van der Waals surface area contributed by atoms with Crippen molar-refractivity contribution in [3.8, 4) is 21.1 Å². The third kappa shape index (κ3) is 2.79. The molecule has 0 aliphatic rings. The van der Waals surface area contributed by atoms with Gasteiger partial charge in [0.15, 0.2) is 0 Å². The SMILES string of the molecule is Cc1nc(-c2ccc(F)cc2)sc1-c1nc(N)ncc1Br. The highest BCUT2D eigenvalue weighted by atomic mass is 79.9. The lowest BCUT2D eigenvalue weighted by atomic mass is 10.2. The van der Waals surface area contributed by atoms with Gasteiger partial charge < -0.3 is 5.73 Å². The quantitative estimate of drug-likeness (QED) is 0.744. The highest BCUT2D eigenvalue weighted by molar-refractivity contribution is 9.10. The van der Waals surface area contributed by atoms with Crippen molar-refractivity contribution in [2.45, 2.75) is 6.92 Å². The maximum atomic E-state index is 13.0. The van der Waals surface area contributed by atoms with Gasteiger partial charge in [-0.05, 0) is 47.1 Å². The predicted octanol–water partition coefficient (Wildman–Crippen LogP) is 4.06. The van der Waals surface area contributed by atoms with Gasteiger partial charge in [0.2, 0.25) is 5.95 Å². The molecule has 7 heteroatoms. The summed E-state index contributed by atoms with van der Waals surface area (Å²) in [6, 6.07) is 6.26. The molecule has 1 aromatic carbocycles. The first-order valence-electron chi connectivity index (χ1n) is 6.06. The zero-order valence-electron chi connectivity index (χ0n) is 11.0. The molecule has 0 saturated heterocycles. The van der Waals surface area contributed by atoms with Crippen LogP contribution in [0.15, 0.2) is 34.9 Å². The third-order valence-corrected chi connectivity index (χ3v) is 4.66. The Kier molecular flexibility index (Phi) is 3.69. The van der Waals surface area contributed by atoms with Gasteiger partial charge in [0.25, 0.3) is 0 Å². The van der Waals surface area contributed by atoms with E-state index in [9.17, 15) is 4.39 Å². The van der Waals surface area contributed by atoms with Crippen molar-refractivity contribution in [3.05, 3.63) is 46.4 Å². The van der Waals surface area contributed by atoms with Crippen LogP contribution in [0.1, 0.15) is 5.69 Å². The maximum absolute atomic E-state index is 13.0. The van der Waals surface area contributed by atoms with Gasteiger partial charge in [0.05, 0.1) is 15.0 Å². The van der Waals surface area contributed by atoms with Crippen molar-refractivity contribution in [1.29, 1.82) is 0 Å². The number of benzene rings is 1. The van der Waals surface area contributed by atoms with Crippen molar-refractivity contribution in [3.63, 3.8) is 0 Å². The van der Waals surface area contributed by atoms with Gasteiger partial charge in [-0.3, -0.25) is 0 Å². The third-order valence-electron chi connectivity index (χ3n) is 2.87. The normalized spacial score (nSPS) is 10.8. The molecule has 0 unspecified atom stereocenters. The lowest BCUT2D eigenvalue weighted by Crippen LogP contribution is -1.96. The number of aromatic nitrogens is 3. The van der Waals surface area contributed by atoms with Gasteiger partial charge >= 0.3 is 0 Å². The molecule has 0 spiro atoms. The van der Waals surface area contributed by atoms with Crippen molar-refractivity contribution in [1.82, 2.24) is 15.0 Å². The fourth-order valence-corrected chi connectivity index (χ4v) is 3.47. The molecule has 106 valence electrons. The van der Waals surface area contributed by atoms with Crippen LogP contribution < -0.4 is 5.73 Å². The largest absolute Gasteiger partial charge is 0.368 e. The highest BCUT2D eigenvalue weighted by Crippen LogP contribution is 2.37. The Morgan fingerprint density at radius 1 is 1.19 bits per heavy atom. The van der Waals surface area contributed by atoms with E-state index in [4.69, 9.17) is 5.73 Å². The summed E-state index contributed by atoms with van der Waals surface area (Å²) in [5, 5.41) is 0.812. The molecule has 4 nitrogen and oxygen atoms in total. The molecule has 3 rings (SSSR count). The lowest BCUT2D eigenvalue weighted by molar-refractivity contribution is 0.628. The molecule has 2 aromatic heterocycles.